The maximum atomic E-state index is 13.4. The monoisotopic (exact) mass is 292 g/mol. The third kappa shape index (κ3) is 3.16. The summed E-state index contributed by atoms with van der Waals surface area (Å²) in [5, 5.41) is 0. The molecule has 108 valence electrons. The molecule has 0 N–H and O–H groups in total. The summed E-state index contributed by atoms with van der Waals surface area (Å²) < 4.78 is 99.4. The van der Waals surface area contributed by atoms with E-state index in [0.717, 1.165) is 18.2 Å². The minimum atomic E-state index is -6.10. The molecule has 0 spiro atoms. The van der Waals surface area contributed by atoms with Gasteiger partial charge in [-0.2, -0.15) is 26.3 Å². The van der Waals surface area contributed by atoms with Crippen LogP contribution in [0.1, 0.15) is 11.1 Å². The Morgan fingerprint density at radius 2 is 1.26 bits per heavy atom. The summed E-state index contributed by atoms with van der Waals surface area (Å²) in [7, 11) is 0. The minimum Gasteiger partial charge on any atom is -0.246 e. The van der Waals surface area contributed by atoms with Gasteiger partial charge in [0.15, 0.2) is 0 Å². The van der Waals surface area contributed by atoms with Gasteiger partial charge in [0, 0.05) is 6.42 Å². The van der Waals surface area contributed by atoms with E-state index in [1.54, 1.807) is 0 Å². The number of halogens is 8. The summed E-state index contributed by atoms with van der Waals surface area (Å²) in [6.07, 6.45) is -14.1. The van der Waals surface area contributed by atoms with Crippen molar-refractivity contribution in [2.45, 2.75) is 31.1 Å². The summed E-state index contributed by atoms with van der Waals surface area (Å²) in [6, 6.07) is 3.89. The lowest BCUT2D eigenvalue weighted by molar-refractivity contribution is -0.340. The van der Waals surface area contributed by atoms with Crippen molar-refractivity contribution >= 4 is 0 Å². The molecule has 0 unspecified atom stereocenters. The molecule has 0 fully saturated rings. The van der Waals surface area contributed by atoms with Gasteiger partial charge < -0.3 is 0 Å². The first-order valence-corrected chi connectivity index (χ1v) is 4.97. The van der Waals surface area contributed by atoms with E-state index >= 15 is 0 Å². The van der Waals surface area contributed by atoms with Crippen LogP contribution in [0.25, 0.3) is 0 Å². The number of rotatable bonds is 3. The Kier molecular flexibility index (Phi) is 4.11. The lowest BCUT2D eigenvalue weighted by Gasteiger charge is -2.30. The Labute approximate surface area is 103 Å². The lowest BCUT2D eigenvalue weighted by Crippen LogP contribution is -2.54. The Morgan fingerprint density at radius 3 is 1.68 bits per heavy atom. The topological polar surface area (TPSA) is 0 Å². The average Bonchev–Trinajstić information content (AvgIpc) is 2.26. The predicted octanol–water partition coefficient (Wildman–Crippen LogP) is 4.53. The normalized spacial score (nSPS) is 13.7. The molecule has 0 nitrogen and oxygen atoms in total. The van der Waals surface area contributed by atoms with Gasteiger partial charge >= 0.3 is 18.0 Å². The van der Waals surface area contributed by atoms with E-state index in [0.29, 0.717) is 0 Å². The van der Waals surface area contributed by atoms with E-state index < -0.39 is 36.7 Å². The van der Waals surface area contributed by atoms with E-state index in [-0.39, 0.29) is 5.56 Å². The molecule has 0 heterocycles. The van der Waals surface area contributed by atoms with Crippen molar-refractivity contribution in [3.63, 3.8) is 0 Å². The molecule has 0 radical (unpaired) electrons. The van der Waals surface area contributed by atoms with Crippen molar-refractivity contribution in [2.75, 3.05) is 0 Å². The molecule has 0 atom stereocenters. The Hall–Kier alpha value is -1.34. The summed E-state index contributed by atoms with van der Waals surface area (Å²) in [5.74, 6) is 0. The number of alkyl halides is 8. The van der Waals surface area contributed by atoms with Gasteiger partial charge in [-0.3, -0.25) is 0 Å². The zero-order valence-corrected chi connectivity index (χ0v) is 9.25. The number of hydrogen-bond acceptors (Lipinski definition) is 0. The van der Waals surface area contributed by atoms with Crippen molar-refractivity contribution in [3.05, 3.63) is 35.4 Å². The third-order valence-corrected chi connectivity index (χ3v) is 2.49. The molecule has 1 aromatic rings. The van der Waals surface area contributed by atoms with Crippen LogP contribution >= 0.6 is 0 Å². The van der Waals surface area contributed by atoms with Crippen molar-refractivity contribution < 1.29 is 35.1 Å². The summed E-state index contributed by atoms with van der Waals surface area (Å²) >= 11 is 0. The molecule has 0 amide bonds. The number of hydrogen-bond donors (Lipinski definition) is 0. The third-order valence-electron chi connectivity index (χ3n) is 2.49. The first kappa shape index (κ1) is 15.7. The lowest BCUT2D eigenvalue weighted by atomic mass is 9.94. The van der Waals surface area contributed by atoms with E-state index in [9.17, 15) is 35.1 Å². The molecule has 0 bridgehead atoms. The van der Waals surface area contributed by atoms with Gasteiger partial charge in [-0.1, -0.05) is 24.3 Å². The van der Waals surface area contributed by atoms with Crippen LogP contribution in [0, 0.1) is 0 Å². The average molecular weight is 292 g/mol. The SMILES string of the molecule is FCc1cccc(CC(F)(C(F)(F)F)C(F)(F)F)c1. The first-order valence-electron chi connectivity index (χ1n) is 4.97. The molecule has 0 aromatic heterocycles. The molecule has 0 saturated carbocycles. The van der Waals surface area contributed by atoms with Crippen LogP contribution in [0.2, 0.25) is 0 Å². The maximum absolute atomic E-state index is 13.4. The van der Waals surface area contributed by atoms with Gasteiger partial charge in [0.25, 0.3) is 0 Å². The van der Waals surface area contributed by atoms with Gasteiger partial charge in [-0.25, -0.2) is 8.78 Å². The molecular formula is C11H8F8. The Morgan fingerprint density at radius 1 is 0.789 bits per heavy atom. The molecular weight excluding hydrogens is 284 g/mol. The molecule has 19 heavy (non-hydrogen) atoms. The van der Waals surface area contributed by atoms with Crippen LogP contribution < -0.4 is 0 Å². The second kappa shape index (κ2) is 4.97. The van der Waals surface area contributed by atoms with Crippen LogP contribution in [0.15, 0.2) is 24.3 Å². The van der Waals surface area contributed by atoms with Gasteiger partial charge in [0.2, 0.25) is 0 Å². The largest absolute Gasteiger partial charge is 0.431 e. The molecule has 1 aromatic carbocycles. The van der Waals surface area contributed by atoms with Gasteiger partial charge in [0.1, 0.15) is 6.67 Å². The standard InChI is InChI=1S/C11H8F8/c12-6-8-3-1-2-7(4-8)5-9(13,10(14,15)16)11(17,18)19/h1-4H,5-6H2. The van der Waals surface area contributed by atoms with Crippen LogP contribution in [-0.4, -0.2) is 18.0 Å². The highest BCUT2D eigenvalue weighted by Gasteiger charge is 2.72. The van der Waals surface area contributed by atoms with Crippen molar-refractivity contribution in [1.82, 2.24) is 0 Å². The van der Waals surface area contributed by atoms with Crippen molar-refractivity contribution in [3.8, 4) is 0 Å². The van der Waals surface area contributed by atoms with Crippen LogP contribution in [0.5, 0.6) is 0 Å². The second-order valence-corrected chi connectivity index (χ2v) is 3.93. The van der Waals surface area contributed by atoms with E-state index in [1.165, 1.54) is 6.07 Å². The highest BCUT2D eigenvalue weighted by Crippen LogP contribution is 2.48. The maximum Gasteiger partial charge on any atom is 0.431 e. The Bertz CT molecular complexity index is 417. The van der Waals surface area contributed by atoms with E-state index in [1.807, 2.05) is 0 Å². The van der Waals surface area contributed by atoms with Crippen molar-refractivity contribution in [2.24, 2.45) is 0 Å². The first-order chi connectivity index (χ1) is 8.51. The fourth-order valence-corrected chi connectivity index (χ4v) is 1.47. The summed E-state index contributed by atoms with van der Waals surface area (Å²) in [6.45, 7) is -1.06. The molecule has 0 saturated heterocycles. The van der Waals surface area contributed by atoms with E-state index in [2.05, 4.69) is 0 Å². The van der Waals surface area contributed by atoms with Gasteiger partial charge in [-0.15, -0.1) is 0 Å². The zero-order chi connectivity index (χ0) is 14.9. The smallest absolute Gasteiger partial charge is 0.246 e. The zero-order valence-electron chi connectivity index (χ0n) is 9.25. The molecule has 1 rings (SSSR count). The fourth-order valence-electron chi connectivity index (χ4n) is 1.47. The van der Waals surface area contributed by atoms with Gasteiger partial charge in [0.05, 0.1) is 0 Å². The summed E-state index contributed by atoms with van der Waals surface area (Å²) in [5.41, 5.74) is -6.05. The Balaban J connectivity index is 3.16. The quantitative estimate of drug-likeness (QED) is 0.718. The second-order valence-electron chi connectivity index (χ2n) is 3.93. The molecule has 0 aliphatic carbocycles. The van der Waals surface area contributed by atoms with Crippen molar-refractivity contribution in [1.29, 1.82) is 0 Å². The molecule has 8 heteroatoms. The van der Waals surface area contributed by atoms with Gasteiger partial charge in [-0.05, 0) is 11.1 Å². The van der Waals surface area contributed by atoms with E-state index in [4.69, 9.17) is 0 Å². The van der Waals surface area contributed by atoms with Crippen LogP contribution in [0.3, 0.4) is 0 Å². The predicted molar refractivity (Wildman–Crippen MR) is 50.9 cm³/mol. The highest BCUT2D eigenvalue weighted by atomic mass is 19.4. The fraction of sp³-hybridized carbons (Fsp3) is 0.455. The molecule has 0 aliphatic rings. The minimum absolute atomic E-state index is 0.121. The summed E-state index contributed by atoms with van der Waals surface area (Å²) in [4.78, 5) is 0. The molecule has 0 aliphatic heterocycles. The van der Waals surface area contributed by atoms with Crippen LogP contribution in [0.4, 0.5) is 35.1 Å². The van der Waals surface area contributed by atoms with Crippen LogP contribution in [-0.2, 0) is 13.1 Å². The number of benzene rings is 1. The highest BCUT2D eigenvalue weighted by molar-refractivity contribution is 5.25.